The van der Waals surface area contributed by atoms with Crippen LogP contribution >= 0.6 is 11.3 Å². The Bertz CT molecular complexity index is 1470. The van der Waals surface area contributed by atoms with Gasteiger partial charge in [0.15, 0.2) is 0 Å². The Hall–Kier alpha value is -3.84. The second-order valence-corrected chi connectivity index (χ2v) is 8.71. The van der Waals surface area contributed by atoms with Gasteiger partial charge < -0.3 is 5.32 Å². The van der Waals surface area contributed by atoms with E-state index in [0.29, 0.717) is 15.5 Å². The molecule has 0 unspecified atom stereocenters. The van der Waals surface area contributed by atoms with Crippen molar-refractivity contribution in [2.24, 2.45) is 0 Å². The number of rotatable bonds is 5. The van der Waals surface area contributed by atoms with E-state index in [4.69, 9.17) is 5.10 Å². The van der Waals surface area contributed by atoms with Crippen LogP contribution in [0.3, 0.4) is 0 Å². The van der Waals surface area contributed by atoms with E-state index in [0.717, 1.165) is 22.3 Å². The predicted octanol–water partition coefficient (Wildman–Crippen LogP) is 5.32. The van der Waals surface area contributed by atoms with E-state index in [9.17, 15) is 4.79 Å². The summed E-state index contributed by atoms with van der Waals surface area (Å²) in [6.07, 6.45) is 0. The molecule has 5 rings (SSSR count). The Morgan fingerprint density at radius 2 is 1.62 bits per heavy atom. The van der Waals surface area contributed by atoms with Gasteiger partial charge in [-0.3, -0.25) is 4.79 Å². The fourth-order valence-corrected chi connectivity index (χ4v) is 4.33. The van der Waals surface area contributed by atoms with Crippen LogP contribution in [0.5, 0.6) is 0 Å². The molecule has 0 atom stereocenters. The fourth-order valence-electron chi connectivity index (χ4n) is 3.59. The van der Waals surface area contributed by atoms with Crippen molar-refractivity contribution in [2.75, 3.05) is 5.32 Å². The van der Waals surface area contributed by atoms with Gasteiger partial charge in [-0.2, -0.15) is 5.10 Å². The zero-order chi connectivity index (χ0) is 22.1. The third-order valence-corrected chi connectivity index (χ3v) is 6.25. The largest absolute Gasteiger partial charge is 0.330 e. The van der Waals surface area contributed by atoms with E-state index in [1.807, 2.05) is 54.6 Å². The van der Waals surface area contributed by atoms with E-state index in [-0.39, 0.29) is 12.1 Å². The highest BCUT2D eigenvalue weighted by Gasteiger charge is 2.14. The van der Waals surface area contributed by atoms with Gasteiger partial charge in [0, 0.05) is 16.6 Å². The molecule has 0 radical (unpaired) electrons. The fraction of sp³-hybridized carbons (Fsp3) is 0.120. The van der Waals surface area contributed by atoms with Gasteiger partial charge in [0.25, 0.3) is 5.56 Å². The number of hydrogen-bond donors (Lipinski definition) is 1. The minimum Gasteiger partial charge on any atom is -0.330 e. The van der Waals surface area contributed by atoms with Gasteiger partial charge in [-0.15, -0.1) is 10.2 Å². The molecule has 0 saturated carbocycles. The molecule has 0 bridgehead atoms. The van der Waals surface area contributed by atoms with E-state index < -0.39 is 0 Å². The van der Waals surface area contributed by atoms with Crippen LogP contribution in [0, 0.1) is 13.8 Å². The minimum absolute atomic E-state index is 0.138. The number of aryl methyl sites for hydroxylation is 2. The molecule has 0 aliphatic carbocycles. The first-order valence-electron chi connectivity index (χ1n) is 10.3. The Labute approximate surface area is 189 Å². The van der Waals surface area contributed by atoms with Crippen molar-refractivity contribution in [3.05, 3.63) is 99.3 Å². The number of hydrogen-bond acceptors (Lipinski definition) is 6. The highest BCUT2D eigenvalue weighted by atomic mass is 32.1. The van der Waals surface area contributed by atoms with E-state index >= 15 is 0 Å². The van der Waals surface area contributed by atoms with Crippen LogP contribution in [0.2, 0.25) is 0 Å². The summed E-state index contributed by atoms with van der Waals surface area (Å²) in [4.78, 5) is 13.2. The van der Waals surface area contributed by atoms with E-state index in [1.54, 1.807) is 0 Å². The molecule has 7 heteroatoms. The van der Waals surface area contributed by atoms with Crippen LogP contribution in [-0.4, -0.2) is 20.0 Å². The van der Waals surface area contributed by atoms with Gasteiger partial charge in [0.1, 0.15) is 5.01 Å². The topological polar surface area (TPSA) is 72.7 Å². The van der Waals surface area contributed by atoms with Crippen molar-refractivity contribution in [1.29, 1.82) is 0 Å². The molecule has 32 heavy (non-hydrogen) atoms. The number of aromatic nitrogens is 4. The summed E-state index contributed by atoms with van der Waals surface area (Å²) in [5.41, 5.74) is 4.98. The highest BCUT2D eigenvalue weighted by molar-refractivity contribution is 7.15. The smallest absolute Gasteiger partial charge is 0.275 e. The monoisotopic (exact) mass is 439 g/mol. The first-order valence-corrected chi connectivity index (χ1v) is 11.1. The van der Waals surface area contributed by atoms with Gasteiger partial charge in [0.2, 0.25) is 5.13 Å². The molecule has 0 aliphatic heterocycles. The van der Waals surface area contributed by atoms with Gasteiger partial charge in [-0.05, 0) is 49.2 Å². The number of nitrogens with one attached hydrogen (secondary N) is 1. The standard InChI is InChI=1S/C25H21N5OS/c1-16-12-13-18(14-17(16)2)23-20-10-6-7-11-21(20)24(31)30(29-23)15-22-27-28-25(32-22)26-19-8-4-3-5-9-19/h3-14H,15H2,1-2H3,(H,26,28). The summed E-state index contributed by atoms with van der Waals surface area (Å²) in [6.45, 7) is 4.43. The molecular formula is C25H21N5OS. The average Bonchev–Trinajstić information content (AvgIpc) is 3.25. The van der Waals surface area contributed by atoms with Crippen molar-refractivity contribution in [2.45, 2.75) is 20.4 Å². The van der Waals surface area contributed by atoms with E-state index in [1.165, 1.54) is 27.1 Å². The summed E-state index contributed by atoms with van der Waals surface area (Å²) in [6, 6.07) is 23.7. The van der Waals surface area contributed by atoms with Crippen LogP contribution in [-0.2, 0) is 6.54 Å². The maximum Gasteiger partial charge on any atom is 0.275 e. The molecule has 158 valence electrons. The van der Waals surface area contributed by atoms with Gasteiger partial charge in [-0.1, -0.05) is 59.9 Å². The van der Waals surface area contributed by atoms with Crippen molar-refractivity contribution >= 4 is 32.9 Å². The summed E-state index contributed by atoms with van der Waals surface area (Å²) in [7, 11) is 0. The van der Waals surface area contributed by atoms with Gasteiger partial charge in [-0.25, -0.2) is 4.68 Å². The van der Waals surface area contributed by atoms with Crippen molar-refractivity contribution in [3.8, 4) is 11.3 Å². The molecule has 2 aromatic heterocycles. The van der Waals surface area contributed by atoms with Crippen LogP contribution in [0.1, 0.15) is 16.1 Å². The molecular weight excluding hydrogens is 418 g/mol. The number of para-hydroxylation sites is 1. The first kappa shape index (κ1) is 20.1. The molecule has 3 aromatic carbocycles. The molecule has 0 spiro atoms. The average molecular weight is 440 g/mol. The summed E-state index contributed by atoms with van der Waals surface area (Å²) < 4.78 is 1.49. The number of nitrogens with zero attached hydrogens (tertiary/aromatic N) is 4. The van der Waals surface area contributed by atoms with Crippen molar-refractivity contribution < 1.29 is 0 Å². The molecule has 0 fully saturated rings. The quantitative estimate of drug-likeness (QED) is 0.401. The second-order valence-electron chi connectivity index (χ2n) is 7.65. The zero-order valence-corrected chi connectivity index (χ0v) is 18.6. The van der Waals surface area contributed by atoms with Crippen LogP contribution in [0.25, 0.3) is 22.0 Å². The Balaban J connectivity index is 1.54. The van der Waals surface area contributed by atoms with Crippen LogP contribution in [0.4, 0.5) is 10.8 Å². The lowest BCUT2D eigenvalue weighted by Crippen LogP contribution is -2.24. The van der Waals surface area contributed by atoms with Crippen LogP contribution in [0.15, 0.2) is 77.6 Å². The lowest BCUT2D eigenvalue weighted by Gasteiger charge is -2.11. The normalized spacial score (nSPS) is 11.1. The second kappa shape index (κ2) is 8.36. The Morgan fingerprint density at radius 1 is 0.875 bits per heavy atom. The molecule has 6 nitrogen and oxygen atoms in total. The summed E-state index contributed by atoms with van der Waals surface area (Å²) >= 11 is 1.41. The molecule has 0 aliphatic rings. The number of fused-ring (bicyclic) bond motifs is 1. The third kappa shape index (κ3) is 3.90. The molecule has 0 amide bonds. The summed E-state index contributed by atoms with van der Waals surface area (Å²) in [5, 5.41) is 19.3. The maximum atomic E-state index is 13.2. The minimum atomic E-state index is -0.138. The highest BCUT2D eigenvalue weighted by Crippen LogP contribution is 2.27. The lowest BCUT2D eigenvalue weighted by molar-refractivity contribution is 0.643. The zero-order valence-electron chi connectivity index (χ0n) is 17.7. The third-order valence-electron chi connectivity index (χ3n) is 5.43. The maximum absolute atomic E-state index is 13.2. The van der Waals surface area contributed by atoms with Crippen molar-refractivity contribution in [3.63, 3.8) is 0 Å². The van der Waals surface area contributed by atoms with Crippen LogP contribution < -0.4 is 10.9 Å². The predicted molar refractivity (Wildman–Crippen MR) is 130 cm³/mol. The SMILES string of the molecule is Cc1ccc(-c2nn(Cc3nnc(Nc4ccccc4)s3)c(=O)c3ccccc23)cc1C. The number of benzene rings is 3. The van der Waals surface area contributed by atoms with Gasteiger partial charge in [0.05, 0.1) is 17.6 Å². The lowest BCUT2D eigenvalue weighted by atomic mass is 10.0. The summed E-state index contributed by atoms with van der Waals surface area (Å²) in [5.74, 6) is 0. The van der Waals surface area contributed by atoms with Crippen molar-refractivity contribution in [1.82, 2.24) is 20.0 Å². The molecule has 5 aromatic rings. The Morgan fingerprint density at radius 3 is 2.41 bits per heavy atom. The molecule has 2 heterocycles. The Kier molecular flexibility index (Phi) is 5.25. The first-order chi connectivity index (χ1) is 15.6. The number of anilines is 2. The molecule has 1 N–H and O–H groups in total. The van der Waals surface area contributed by atoms with E-state index in [2.05, 4.69) is 47.6 Å². The molecule has 0 saturated heterocycles. The van der Waals surface area contributed by atoms with Gasteiger partial charge >= 0.3 is 0 Å².